The summed E-state index contributed by atoms with van der Waals surface area (Å²) in [5, 5.41) is 16.2. The van der Waals surface area contributed by atoms with Crippen molar-refractivity contribution in [2.45, 2.75) is 12.3 Å². The van der Waals surface area contributed by atoms with Gasteiger partial charge in [0.15, 0.2) is 10.2 Å². The molecule has 8 nitrogen and oxygen atoms in total. The van der Waals surface area contributed by atoms with E-state index in [0.29, 0.717) is 18.3 Å². The lowest BCUT2D eigenvalue weighted by Crippen LogP contribution is -2.35. The van der Waals surface area contributed by atoms with Gasteiger partial charge in [0.25, 0.3) is 5.91 Å². The second-order valence-electron chi connectivity index (χ2n) is 8.98. The summed E-state index contributed by atoms with van der Waals surface area (Å²) in [7, 11) is 1.63. The predicted molar refractivity (Wildman–Crippen MR) is 163 cm³/mol. The maximum atomic E-state index is 13.0. The summed E-state index contributed by atoms with van der Waals surface area (Å²) in [6.45, 7) is 1.05. The number of fused-ring (bicyclic) bond motifs is 2. The van der Waals surface area contributed by atoms with Crippen molar-refractivity contribution in [1.82, 2.24) is 9.58 Å². The van der Waals surface area contributed by atoms with Crippen molar-refractivity contribution in [3.05, 3.63) is 102 Å². The van der Waals surface area contributed by atoms with Crippen molar-refractivity contribution in [1.29, 1.82) is 5.41 Å². The minimum atomic E-state index is -0.438. The Bertz CT molecular complexity index is 1690. The number of methoxy groups -OCH3 is 1. The molecule has 0 bridgehead atoms. The molecule has 0 atom stereocenters. The first-order chi connectivity index (χ1) is 19.6. The number of rotatable bonds is 8. The van der Waals surface area contributed by atoms with E-state index in [1.165, 1.54) is 22.3 Å². The number of amidine groups is 2. The summed E-state index contributed by atoms with van der Waals surface area (Å²) in [4.78, 5) is 17.3. The molecule has 200 valence electrons. The number of aliphatic imine (C=N–C) groups is 1. The Balaban J connectivity index is 1.21. The highest BCUT2D eigenvalue weighted by Gasteiger charge is 2.36. The van der Waals surface area contributed by atoms with Gasteiger partial charge in [-0.1, -0.05) is 66.4 Å². The number of nitrogens with one attached hydrogen (secondary N) is 1. The van der Waals surface area contributed by atoms with Gasteiger partial charge >= 0.3 is 0 Å². The molecule has 1 aromatic heterocycles. The van der Waals surface area contributed by atoms with Crippen molar-refractivity contribution >= 4 is 61.8 Å². The monoisotopic (exact) mass is 567 g/mol. The van der Waals surface area contributed by atoms with Crippen molar-refractivity contribution in [2.75, 3.05) is 13.7 Å². The largest absolute Gasteiger partial charge is 0.497 e. The smallest absolute Gasteiger partial charge is 0.283 e. The third-order valence-electron chi connectivity index (χ3n) is 6.40. The molecule has 0 spiro atoms. The normalized spacial score (nSPS) is 15.8. The number of hydrogen-bond acceptors (Lipinski definition) is 7. The van der Waals surface area contributed by atoms with Crippen molar-refractivity contribution in [3.8, 4) is 11.5 Å². The van der Waals surface area contributed by atoms with Gasteiger partial charge in [-0.05, 0) is 41.6 Å². The van der Waals surface area contributed by atoms with Crippen LogP contribution in [0.1, 0.15) is 11.1 Å². The summed E-state index contributed by atoms with van der Waals surface area (Å²) < 4.78 is 14.1. The van der Waals surface area contributed by atoms with Gasteiger partial charge in [0, 0.05) is 34.5 Å². The maximum Gasteiger partial charge on any atom is 0.283 e. The zero-order chi connectivity index (χ0) is 27.5. The highest BCUT2D eigenvalue weighted by molar-refractivity contribution is 8.45. The SMILES string of the molecule is COc1cccc(OCCn2cc(/C=C3/C(=N)N4N=C(SCc5ccccc5)SC4=NC3=O)c3ccccc32)c1. The lowest BCUT2D eigenvalue weighted by Gasteiger charge is -2.20. The molecular formula is C30H25N5O3S2. The Morgan fingerprint density at radius 2 is 1.82 bits per heavy atom. The summed E-state index contributed by atoms with van der Waals surface area (Å²) in [6, 6.07) is 25.6. The van der Waals surface area contributed by atoms with Gasteiger partial charge in [0.05, 0.1) is 19.2 Å². The zero-order valence-electron chi connectivity index (χ0n) is 21.6. The molecule has 2 aliphatic heterocycles. The van der Waals surface area contributed by atoms with E-state index >= 15 is 0 Å². The third-order valence-corrected chi connectivity index (χ3v) is 8.52. The molecule has 10 heteroatoms. The van der Waals surface area contributed by atoms with Crippen LogP contribution in [0.2, 0.25) is 0 Å². The standard InChI is InChI=1S/C30H25N5O3S2/c1-37-22-10-7-11-23(17-22)38-15-14-34-18-21(24-12-5-6-13-26(24)34)16-25-27(31)35-29(32-28(25)36)40-30(33-35)39-19-20-8-3-2-4-9-20/h2-13,16-18,31H,14-15,19H2,1H3/b25-16-,31-27?. The molecule has 2 aliphatic rings. The van der Waals surface area contributed by atoms with Crippen LogP contribution in [-0.2, 0) is 17.1 Å². The topological polar surface area (TPSA) is 92.3 Å². The van der Waals surface area contributed by atoms with Crippen LogP contribution in [0.4, 0.5) is 0 Å². The van der Waals surface area contributed by atoms with Crippen LogP contribution >= 0.6 is 23.5 Å². The molecule has 0 radical (unpaired) electrons. The van der Waals surface area contributed by atoms with Gasteiger partial charge in [-0.3, -0.25) is 10.2 Å². The van der Waals surface area contributed by atoms with Crippen molar-refractivity contribution in [3.63, 3.8) is 0 Å². The van der Waals surface area contributed by atoms with Gasteiger partial charge < -0.3 is 14.0 Å². The molecule has 0 fully saturated rings. The molecule has 3 aromatic carbocycles. The van der Waals surface area contributed by atoms with Crippen LogP contribution in [0.15, 0.2) is 101 Å². The fourth-order valence-corrected chi connectivity index (χ4v) is 6.32. The number of ether oxygens (including phenoxy) is 2. The summed E-state index contributed by atoms with van der Waals surface area (Å²) in [5.41, 5.74) is 3.23. The number of carbonyl (C=O) groups excluding carboxylic acids is 1. The van der Waals surface area contributed by atoms with E-state index < -0.39 is 5.91 Å². The van der Waals surface area contributed by atoms with E-state index in [-0.39, 0.29) is 11.4 Å². The number of thioether (sulfide) groups is 2. The van der Waals surface area contributed by atoms with Crippen LogP contribution in [0.5, 0.6) is 11.5 Å². The number of para-hydroxylation sites is 1. The second-order valence-corrected chi connectivity index (χ2v) is 11.2. The molecule has 0 saturated carbocycles. The fraction of sp³-hybridized carbons (Fsp3) is 0.133. The first kappa shape index (κ1) is 26.0. The fourth-order valence-electron chi connectivity index (χ4n) is 4.44. The summed E-state index contributed by atoms with van der Waals surface area (Å²) >= 11 is 2.89. The van der Waals surface area contributed by atoms with Gasteiger partial charge in [0.2, 0.25) is 5.17 Å². The van der Waals surface area contributed by atoms with E-state index in [4.69, 9.17) is 14.9 Å². The molecule has 1 N–H and O–H groups in total. The summed E-state index contributed by atoms with van der Waals surface area (Å²) in [6.07, 6.45) is 3.72. The molecule has 40 heavy (non-hydrogen) atoms. The Hall–Kier alpha value is -4.28. The number of carbonyl (C=O) groups is 1. The van der Waals surface area contributed by atoms with E-state index in [0.717, 1.165) is 38.1 Å². The number of aromatic nitrogens is 1. The maximum absolute atomic E-state index is 13.0. The zero-order valence-corrected chi connectivity index (χ0v) is 23.2. The Labute approximate surface area is 239 Å². The average Bonchev–Trinajstić information content (AvgIpc) is 3.56. The molecule has 4 aromatic rings. The van der Waals surface area contributed by atoms with E-state index in [2.05, 4.69) is 26.8 Å². The minimum absolute atomic E-state index is 0.0241. The molecule has 6 rings (SSSR count). The van der Waals surface area contributed by atoms with E-state index in [9.17, 15) is 4.79 Å². The first-order valence-corrected chi connectivity index (χ1v) is 14.4. The van der Waals surface area contributed by atoms with Crippen molar-refractivity contribution in [2.24, 2.45) is 10.1 Å². The Morgan fingerprint density at radius 1 is 1.02 bits per heavy atom. The van der Waals surface area contributed by atoms with Gasteiger partial charge in [-0.15, -0.1) is 5.10 Å². The van der Waals surface area contributed by atoms with Gasteiger partial charge in [-0.2, -0.15) is 10.0 Å². The number of hydrazone groups is 1. The van der Waals surface area contributed by atoms with Crippen LogP contribution < -0.4 is 9.47 Å². The molecule has 0 saturated heterocycles. The lowest BCUT2D eigenvalue weighted by atomic mass is 10.1. The van der Waals surface area contributed by atoms with Gasteiger partial charge in [-0.25, -0.2) is 0 Å². The van der Waals surface area contributed by atoms with Gasteiger partial charge in [0.1, 0.15) is 18.1 Å². The molecule has 1 amide bonds. The molecule has 0 unspecified atom stereocenters. The number of nitrogens with zero attached hydrogens (tertiary/aromatic N) is 4. The predicted octanol–water partition coefficient (Wildman–Crippen LogP) is 6.24. The number of amides is 1. The van der Waals surface area contributed by atoms with Crippen LogP contribution in [0, 0.1) is 5.41 Å². The highest BCUT2D eigenvalue weighted by Crippen LogP contribution is 2.34. The minimum Gasteiger partial charge on any atom is -0.497 e. The van der Waals surface area contributed by atoms with Crippen molar-refractivity contribution < 1.29 is 14.3 Å². The quantitative estimate of drug-likeness (QED) is 0.254. The third kappa shape index (κ3) is 5.41. The first-order valence-electron chi connectivity index (χ1n) is 12.6. The second kappa shape index (κ2) is 11.4. The molecule has 0 aliphatic carbocycles. The highest BCUT2D eigenvalue weighted by atomic mass is 32.2. The summed E-state index contributed by atoms with van der Waals surface area (Å²) in [5.74, 6) is 1.81. The lowest BCUT2D eigenvalue weighted by molar-refractivity contribution is -0.114. The Kier molecular flexibility index (Phi) is 7.43. The van der Waals surface area contributed by atoms with Crippen LogP contribution in [0.3, 0.4) is 0 Å². The Morgan fingerprint density at radius 3 is 2.67 bits per heavy atom. The molecule has 3 heterocycles. The van der Waals surface area contributed by atoms with Crippen LogP contribution in [0.25, 0.3) is 17.0 Å². The van der Waals surface area contributed by atoms with Crippen LogP contribution in [-0.4, -0.2) is 44.6 Å². The van der Waals surface area contributed by atoms with E-state index in [1.54, 1.807) is 24.9 Å². The number of benzene rings is 3. The van der Waals surface area contributed by atoms with E-state index in [1.807, 2.05) is 72.9 Å². The number of hydrogen-bond donors (Lipinski definition) is 1. The average molecular weight is 568 g/mol. The molecular weight excluding hydrogens is 542 g/mol.